The molecule has 0 bridgehead atoms. The van der Waals surface area contributed by atoms with Crippen molar-refractivity contribution in [2.45, 2.75) is 57.8 Å². The third-order valence-corrected chi connectivity index (χ3v) is 13.0. The molecule has 9 rings (SSSR count). The number of hydrogen-bond donors (Lipinski definition) is 4. The lowest BCUT2D eigenvalue weighted by Crippen LogP contribution is -2.49. The topological polar surface area (TPSA) is 156 Å². The Bertz CT molecular complexity index is 2040. The minimum atomic E-state index is -4.88. The normalized spacial score (nSPS) is 33.6. The molecule has 4 N–H and O–H groups in total. The quantitative estimate of drug-likeness (QED) is 0.231. The lowest BCUT2D eigenvalue weighted by molar-refractivity contribution is -0.142. The van der Waals surface area contributed by atoms with Crippen LogP contribution in [0.15, 0.2) is 30.2 Å². The molecule has 2 amide bonds. The molecule has 1 spiro atoms. The highest BCUT2D eigenvalue weighted by molar-refractivity contribution is 7.46. The Kier molecular flexibility index (Phi) is 5.04. The van der Waals surface area contributed by atoms with E-state index in [9.17, 15) is 28.7 Å². The van der Waals surface area contributed by atoms with E-state index in [1.807, 2.05) is 24.9 Å². The van der Waals surface area contributed by atoms with Crippen molar-refractivity contribution in [2.24, 2.45) is 16.2 Å². The first-order valence-corrected chi connectivity index (χ1v) is 17.3. The zero-order chi connectivity index (χ0) is 31.6. The molecule has 3 aromatic rings. The predicted molar refractivity (Wildman–Crippen MR) is 164 cm³/mol. The number of nitrogens with zero attached hydrogens (tertiary/aromatic N) is 2. The minimum Gasteiger partial charge on any atom is -0.402 e. The van der Waals surface area contributed by atoms with Crippen molar-refractivity contribution >= 4 is 53.6 Å². The van der Waals surface area contributed by atoms with Crippen LogP contribution >= 0.6 is 19.4 Å². The van der Waals surface area contributed by atoms with E-state index in [4.69, 9.17) is 16.1 Å². The van der Waals surface area contributed by atoms with Crippen LogP contribution in [0.5, 0.6) is 5.75 Å². The number of aryl methyl sites for hydroxylation is 2. The summed E-state index contributed by atoms with van der Waals surface area (Å²) in [6.45, 7) is 6.85. The number of benzene rings is 1. The van der Waals surface area contributed by atoms with Crippen molar-refractivity contribution in [3.05, 3.63) is 58.2 Å². The first kappa shape index (κ1) is 27.9. The molecule has 13 heteroatoms. The number of aromatic nitrogens is 2. The number of anilines is 1. The van der Waals surface area contributed by atoms with Crippen LogP contribution in [-0.4, -0.2) is 61.2 Å². The predicted octanol–water partition coefficient (Wildman–Crippen LogP) is 4.69. The van der Waals surface area contributed by atoms with E-state index in [1.165, 1.54) is 6.07 Å². The summed E-state index contributed by atoms with van der Waals surface area (Å²) in [4.78, 5) is 70.7. The summed E-state index contributed by atoms with van der Waals surface area (Å²) in [6, 6.07) is 1.53. The van der Waals surface area contributed by atoms with Crippen LogP contribution in [0.4, 0.5) is 5.69 Å². The summed E-state index contributed by atoms with van der Waals surface area (Å²) in [5.41, 5.74) is 3.99. The van der Waals surface area contributed by atoms with Gasteiger partial charge in [0.1, 0.15) is 0 Å². The number of nitrogens with one attached hydrogen (secondary N) is 2. The Labute approximate surface area is 263 Å². The summed E-state index contributed by atoms with van der Waals surface area (Å²) in [5.74, 6) is -0.113. The second-order valence-corrected chi connectivity index (χ2v) is 15.8. The van der Waals surface area contributed by atoms with Gasteiger partial charge in [0.2, 0.25) is 17.6 Å². The zero-order valence-corrected chi connectivity index (χ0v) is 26.6. The number of phosphoric ester groups is 1. The van der Waals surface area contributed by atoms with Gasteiger partial charge in [-0.3, -0.25) is 24.2 Å². The number of carbonyl (C=O) groups excluding carboxylic acids is 3. The van der Waals surface area contributed by atoms with Crippen molar-refractivity contribution < 1.29 is 33.3 Å². The third kappa shape index (κ3) is 3.11. The monoisotopic (exact) mass is 650 g/mol. The first-order chi connectivity index (χ1) is 21.2. The van der Waals surface area contributed by atoms with Crippen LogP contribution in [-0.2, 0) is 19.6 Å². The highest BCUT2D eigenvalue weighted by Crippen LogP contribution is 3.01. The molecule has 5 atom stereocenters. The number of amides is 2. The van der Waals surface area contributed by atoms with Gasteiger partial charge in [-0.1, -0.05) is 0 Å². The summed E-state index contributed by atoms with van der Waals surface area (Å²) in [5, 5.41) is 0.748. The molecule has 1 aromatic carbocycles. The van der Waals surface area contributed by atoms with Crippen LogP contribution in [0.25, 0.3) is 10.9 Å². The second-order valence-electron chi connectivity index (χ2n) is 14.3. The number of ketones is 1. The zero-order valence-electron chi connectivity index (χ0n) is 25.0. The summed E-state index contributed by atoms with van der Waals surface area (Å²) in [7, 11) is -4.88. The van der Waals surface area contributed by atoms with Gasteiger partial charge in [0.15, 0.2) is 5.75 Å². The highest BCUT2D eigenvalue weighted by Gasteiger charge is 3.01. The summed E-state index contributed by atoms with van der Waals surface area (Å²) >= 11 is 6.44. The van der Waals surface area contributed by atoms with Crippen molar-refractivity contribution in [3.63, 3.8) is 0 Å². The van der Waals surface area contributed by atoms with Gasteiger partial charge in [-0.25, -0.2) is 4.57 Å². The minimum absolute atomic E-state index is 0.0188. The maximum absolute atomic E-state index is 14.5. The SMILES string of the molecule is Cc1c[nH]c2c1C1(C)CCN(C(=O)C34CC5(C(=O)N6C[C@@H](CCl)c7c6cc(OP(=O)(O)O)c6[nH]cc(C)c76)CC35C4)C1=CC2=O. The van der Waals surface area contributed by atoms with Crippen molar-refractivity contribution in [2.75, 3.05) is 23.9 Å². The molecular weight excluding hydrogens is 619 g/mol. The largest absolute Gasteiger partial charge is 0.524 e. The van der Waals surface area contributed by atoms with Crippen LogP contribution in [0.2, 0.25) is 0 Å². The number of hydrogen-bond acceptors (Lipinski definition) is 5. The maximum Gasteiger partial charge on any atom is 0.524 e. The maximum atomic E-state index is 14.5. The third-order valence-electron chi connectivity index (χ3n) is 12.2. The van der Waals surface area contributed by atoms with E-state index in [0.29, 0.717) is 49.2 Å². The number of H-pyrrole nitrogens is 2. The van der Waals surface area contributed by atoms with Gasteiger partial charge in [-0.15, -0.1) is 11.6 Å². The van der Waals surface area contributed by atoms with E-state index in [2.05, 4.69) is 16.9 Å². The van der Waals surface area contributed by atoms with Gasteiger partial charge in [0.25, 0.3) is 0 Å². The molecule has 4 unspecified atom stereocenters. The van der Waals surface area contributed by atoms with Gasteiger partial charge < -0.3 is 24.3 Å². The van der Waals surface area contributed by atoms with Crippen LogP contribution in [0.1, 0.15) is 71.3 Å². The molecule has 3 saturated carbocycles. The van der Waals surface area contributed by atoms with E-state index in [-0.39, 0.29) is 40.6 Å². The number of fused-ring (bicyclic) bond motifs is 6. The van der Waals surface area contributed by atoms with Gasteiger partial charge >= 0.3 is 7.82 Å². The Balaban J connectivity index is 1.03. The van der Waals surface area contributed by atoms with Crippen LogP contribution < -0.4 is 9.42 Å². The van der Waals surface area contributed by atoms with Crippen molar-refractivity contribution in [1.82, 2.24) is 14.9 Å². The lowest BCUT2D eigenvalue weighted by Gasteiger charge is -2.39. The Morgan fingerprint density at radius 2 is 1.78 bits per heavy atom. The summed E-state index contributed by atoms with van der Waals surface area (Å²) in [6.07, 6.45) is 7.68. The van der Waals surface area contributed by atoms with Crippen molar-refractivity contribution in [1.29, 1.82) is 0 Å². The molecule has 234 valence electrons. The molecule has 2 aromatic heterocycles. The standard InChI is InChI=1S/C32H32ClN4O7P/c1-15-9-35-26-20(44-45(41,42)43)6-18-23(22(15)26)17(8-33)11-37(18)28(40)31-12-30(13-32(30,31)14-31)27(39)36-5-4-29(3)21(36)7-19(38)25-24(29)16(2)10-34-25/h6-7,9-10,17,34-35H,4-5,8,11-14H2,1-3H3,(H2,41,42,43)/t17-,29?,30?,31?,32?/m1/s1. The average molecular weight is 651 g/mol. The molecule has 0 radical (unpaired) electrons. The number of carbonyl (C=O) groups is 3. The summed E-state index contributed by atoms with van der Waals surface area (Å²) < 4.78 is 16.9. The van der Waals surface area contributed by atoms with E-state index in [1.54, 1.807) is 17.2 Å². The average Bonchev–Trinajstić information content (AvgIpc) is 3.39. The Hall–Kier alpha value is -3.37. The number of rotatable bonds is 5. The fraction of sp³-hybridized carbons (Fsp3) is 0.469. The second kappa shape index (κ2) is 8.12. The fourth-order valence-corrected chi connectivity index (χ4v) is 10.8. The fourth-order valence-electron chi connectivity index (χ4n) is 10.1. The number of allylic oxidation sites excluding steroid dienone is 2. The smallest absolute Gasteiger partial charge is 0.402 e. The van der Waals surface area contributed by atoms with E-state index in [0.717, 1.165) is 39.8 Å². The number of phosphoric acid groups is 1. The van der Waals surface area contributed by atoms with Gasteiger partial charge in [0.05, 0.1) is 27.7 Å². The molecule has 1 saturated heterocycles. The molecular formula is C32H32ClN4O7P. The number of alkyl halides is 1. The highest BCUT2D eigenvalue weighted by atomic mass is 35.5. The number of halogens is 1. The number of likely N-dealkylation sites (tertiary alicyclic amines) is 1. The van der Waals surface area contributed by atoms with Crippen molar-refractivity contribution in [3.8, 4) is 5.75 Å². The van der Waals surface area contributed by atoms with Crippen LogP contribution in [0, 0.1) is 30.1 Å². The van der Waals surface area contributed by atoms with E-state index < -0.39 is 24.1 Å². The Morgan fingerprint density at radius 1 is 1.09 bits per heavy atom. The lowest BCUT2D eigenvalue weighted by atomic mass is 9.72. The molecule has 11 nitrogen and oxygen atoms in total. The van der Waals surface area contributed by atoms with Gasteiger partial charge in [-0.2, -0.15) is 0 Å². The first-order valence-electron chi connectivity index (χ1n) is 15.3. The number of aromatic amines is 2. The molecule has 4 heterocycles. The molecule has 4 fully saturated rings. The van der Waals surface area contributed by atoms with Gasteiger partial charge in [-0.05, 0) is 68.7 Å². The molecule has 4 aliphatic carbocycles. The molecule has 45 heavy (non-hydrogen) atoms. The van der Waals surface area contributed by atoms with Gasteiger partial charge in [0, 0.05) is 71.3 Å². The van der Waals surface area contributed by atoms with Crippen LogP contribution in [0.3, 0.4) is 0 Å². The Morgan fingerprint density at radius 3 is 2.44 bits per heavy atom. The molecule has 2 aliphatic heterocycles. The van der Waals surface area contributed by atoms with E-state index >= 15 is 0 Å². The molecule has 6 aliphatic rings.